The van der Waals surface area contributed by atoms with Crippen LogP contribution in [-0.4, -0.2) is 10.9 Å². The fourth-order valence-corrected chi connectivity index (χ4v) is 2.66. The number of aryl methyl sites for hydroxylation is 1. The lowest BCUT2D eigenvalue weighted by Crippen LogP contribution is -2.23. The van der Waals surface area contributed by atoms with Gasteiger partial charge in [-0.1, -0.05) is 24.3 Å². The molecule has 0 spiro atoms. The van der Waals surface area contributed by atoms with Crippen molar-refractivity contribution in [2.24, 2.45) is 0 Å². The molecule has 120 valence electrons. The van der Waals surface area contributed by atoms with Gasteiger partial charge in [0.2, 0.25) is 5.89 Å². The maximum absolute atomic E-state index is 13.8. The molecule has 0 radical (unpaired) electrons. The summed E-state index contributed by atoms with van der Waals surface area (Å²) in [5, 5.41) is 3.27. The van der Waals surface area contributed by atoms with Gasteiger partial charge in [0.25, 0.3) is 5.91 Å². The highest BCUT2D eigenvalue weighted by Crippen LogP contribution is 2.27. The number of fused-ring (bicyclic) bond motifs is 2. The van der Waals surface area contributed by atoms with Crippen LogP contribution in [0.25, 0.3) is 22.1 Å². The van der Waals surface area contributed by atoms with E-state index in [1.165, 1.54) is 6.07 Å². The summed E-state index contributed by atoms with van der Waals surface area (Å²) >= 11 is 0. The molecule has 4 aromatic rings. The summed E-state index contributed by atoms with van der Waals surface area (Å²) in [7, 11) is 0. The van der Waals surface area contributed by atoms with Crippen molar-refractivity contribution in [2.75, 3.05) is 0 Å². The Morgan fingerprint density at radius 1 is 1.17 bits per heavy atom. The van der Waals surface area contributed by atoms with Gasteiger partial charge in [0.05, 0.1) is 6.54 Å². The summed E-state index contributed by atoms with van der Waals surface area (Å²) in [6.07, 6.45) is 0. The number of amides is 1. The summed E-state index contributed by atoms with van der Waals surface area (Å²) in [5.41, 5.74) is 2.06. The molecule has 24 heavy (non-hydrogen) atoms. The summed E-state index contributed by atoms with van der Waals surface area (Å²) in [6, 6.07) is 11.9. The van der Waals surface area contributed by atoms with Crippen molar-refractivity contribution >= 4 is 28.0 Å². The number of halogens is 1. The Labute approximate surface area is 136 Å². The first-order chi connectivity index (χ1) is 11.6. The van der Waals surface area contributed by atoms with Gasteiger partial charge in [-0.25, -0.2) is 9.37 Å². The molecule has 0 unspecified atom stereocenters. The first-order valence-corrected chi connectivity index (χ1v) is 7.44. The van der Waals surface area contributed by atoms with Gasteiger partial charge in [0.1, 0.15) is 5.52 Å². The van der Waals surface area contributed by atoms with E-state index in [9.17, 15) is 9.18 Å². The van der Waals surface area contributed by atoms with Crippen LogP contribution in [0, 0.1) is 12.7 Å². The molecule has 4 rings (SSSR count). The smallest absolute Gasteiger partial charge is 0.287 e. The standard InChI is InChI=1S/C18H13FN2O3/c1-10-11-5-4-6-12(19)17(11)24-16(10)18(22)20-9-15-21-13-7-2-3-8-14(13)23-15/h2-8H,9H2,1H3,(H,20,22). The number of hydrogen-bond donors (Lipinski definition) is 1. The van der Waals surface area contributed by atoms with Crippen LogP contribution < -0.4 is 5.32 Å². The largest absolute Gasteiger partial charge is 0.448 e. The van der Waals surface area contributed by atoms with E-state index in [0.717, 1.165) is 5.52 Å². The number of hydrogen-bond acceptors (Lipinski definition) is 4. The maximum Gasteiger partial charge on any atom is 0.287 e. The van der Waals surface area contributed by atoms with Crippen molar-refractivity contribution in [1.29, 1.82) is 0 Å². The summed E-state index contributed by atoms with van der Waals surface area (Å²) < 4.78 is 24.7. The van der Waals surface area contributed by atoms with E-state index in [-0.39, 0.29) is 17.9 Å². The van der Waals surface area contributed by atoms with Crippen LogP contribution in [-0.2, 0) is 6.54 Å². The van der Waals surface area contributed by atoms with E-state index in [1.807, 2.05) is 18.2 Å². The van der Waals surface area contributed by atoms with Gasteiger partial charge in [-0.05, 0) is 25.1 Å². The van der Waals surface area contributed by atoms with Gasteiger partial charge in [0.15, 0.2) is 22.7 Å². The fraction of sp³-hybridized carbons (Fsp3) is 0.111. The Balaban J connectivity index is 1.58. The van der Waals surface area contributed by atoms with E-state index in [0.29, 0.717) is 22.4 Å². The summed E-state index contributed by atoms with van der Waals surface area (Å²) in [5.74, 6) is -0.449. The van der Waals surface area contributed by atoms with Gasteiger partial charge >= 0.3 is 0 Å². The third-order valence-corrected chi connectivity index (χ3v) is 3.86. The SMILES string of the molecule is Cc1c(C(=O)NCc2nc3ccccc3o2)oc2c(F)cccc12. The van der Waals surface area contributed by atoms with Crippen molar-refractivity contribution in [3.63, 3.8) is 0 Å². The molecular weight excluding hydrogens is 311 g/mol. The number of nitrogens with one attached hydrogen (secondary N) is 1. The average molecular weight is 324 g/mol. The Kier molecular flexibility index (Phi) is 3.30. The van der Waals surface area contributed by atoms with E-state index >= 15 is 0 Å². The molecule has 6 heteroatoms. The lowest BCUT2D eigenvalue weighted by Gasteiger charge is -2.00. The number of benzene rings is 2. The van der Waals surface area contributed by atoms with Crippen molar-refractivity contribution in [1.82, 2.24) is 10.3 Å². The highest BCUT2D eigenvalue weighted by atomic mass is 19.1. The monoisotopic (exact) mass is 324 g/mol. The molecule has 2 aromatic heterocycles. The van der Waals surface area contributed by atoms with Crippen molar-refractivity contribution in [3.05, 3.63) is 65.5 Å². The number of carbonyl (C=O) groups excluding carboxylic acids is 1. The number of rotatable bonds is 3. The fourth-order valence-electron chi connectivity index (χ4n) is 2.66. The van der Waals surface area contributed by atoms with Gasteiger partial charge < -0.3 is 14.2 Å². The normalized spacial score (nSPS) is 11.2. The van der Waals surface area contributed by atoms with E-state index in [2.05, 4.69) is 10.3 Å². The Hall–Kier alpha value is -3.15. The molecule has 2 aromatic carbocycles. The second-order valence-corrected chi connectivity index (χ2v) is 5.43. The molecule has 0 atom stereocenters. The molecular formula is C18H13FN2O3. The van der Waals surface area contributed by atoms with Crippen molar-refractivity contribution in [2.45, 2.75) is 13.5 Å². The molecule has 0 aliphatic carbocycles. The third-order valence-electron chi connectivity index (χ3n) is 3.86. The number of carbonyl (C=O) groups is 1. The van der Waals surface area contributed by atoms with Gasteiger partial charge in [-0.15, -0.1) is 0 Å². The molecule has 2 heterocycles. The number of furan rings is 1. The minimum absolute atomic E-state index is 0.0852. The van der Waals surface area contributed by atoms with Gasteiger partial charge in [-0.2, -0.15) is 0 Å². The summed E-state index contributed by atoms with van der Waals surface area (Å²) in [4.78, 5) is 16.6. The topological polar surface area (TPSA) is 68.3 Å². The van der Waals surface area contributed by atoms with Crippen LogP contribution in [0.4, 0.5) is 4.39 Å². The Bertz CT molecular complexity index is 1030. The Morgan fingerprint density at radius 2 is 2.00 bits per heavy atom. The second kappa shape index (κ2) is 5.49. The van der Waals surface area contributed by atoms with Crippen molar-refractivity contribution in [3.8, 4) is 0 Å². The zero-order valence-corrected chi connectivity index (χ0v) is 12.8. The Morgan fingerprint density at radius 3 is 2.79 bits per heavy atom. The van der Waals surface area contributed by atoms with Gasteiger partial charge in [0, 0.05) is 10.9 Å². The molecule has 0 aliphatic heterocycles. The molecule has 0 aliphatic rings. The quantitative estimate of drug-likeness (QED) is 0.619. The average Bonchev–Trinajstić information content (AvgIpc) is 3.15. The van der Waals surface area contributed by atoms with Crippen LogP contribution in [0.2, 0.25) is 0 Å². The summed E-state index contributed by atoms with van der Waals surface area (Å²) in [6.45, 7) is 1.84. The predicted octanol–water partition coefficient (Wildman–Crippen LogP) is 3.95. The lowest BCUT2D eigenvalue weighted by molar-refractivity contribution is 0.0921. The molecule has 0 saturated carbocycles. The number of aromatic nitrogens is 1. The highest BCUT2D eigenvalue weighted by molar-refractivity contribution is 5.98. The molecule has 0 bridgehead atoms. The molecule has 0 fully saturated rings. The van der Waals surface area contributed by atoms with Gasteiger partial charge in [-0.3, -0.25) is 4.79 Å². The molecule has 1 amide bonds. The first-order valence-electron chi connectivity index (χ1n) is 7.44. The van der Waals surface area contributed by atoms with Crippen LogP contribution in [0.3, 0.4) is 0 Å². The lowest BCUT2D eigenvalue weighted by atomic mass is 10.1. The zero-order valence-electron chi connectivity index (χ0n) is 12.8. The van der Waals surface area contributed by atoms with E-state index < -0.39 is 11.7 Å². The number of nitrogens with zero attached hydrogens (tertiary/aromatic N) is 1. The molecule has 5 nitrogen and oxygen atoms in total. The maximum atomic E-state index is 13.8. The minimum Gasteiger partial charge on any atom is -0.448 e. The predicted molar refractivity (Wildman–Crippen MR) is 86.1 cm³/mol. The van der Waals surface area contributed by atoms with Crippen molar-refractivity contribution < 1.29 is 18.0 Å². The van der Waals surface area contributed by atoms with Crippen LogP contribution in [0.1, 0.15) is 22.0 Å². The second-order valence-electron chi connectivity index (χ2n) is 5.43. The number of oxazole rings is 1. The molecule has 1 N–H and O–H groups in total. The minimum atomic E-state index is -0.492. The van der Waals surface area contributed by atoms with Crippen LogP contribution >= 0.6 is 0 Å². The third kappa shape index (κ3) is 2.32. The van der Waals surface area contributed by atoms with E-state index in [1.54, 1.807) is 25.1 Å². The zero-order chi connectivity index (χ0) is 16.7. The molecule has 0 saturated heterocycles. The highest BCUT2D eigenvalue weighted by Gasteiger charge is 2.19. The first kappa shape index (κ1) is 14.4. The number of para-hydroxylation sites is 3. The van der Waals surface area contributed by atoms with E-state index in [4.69, 9.17) is 8.83 Å². The van der Waals surface area contributed by atoms with Crippen LogP contribution in [0.15, 0.2) is 51.3 Å². The van der Waals surface area contributed by atoms with Crippen LogP contribution in [0.5, 0.6) is 0 Å².